The maximum atomic E-state index is 12.6. The predicted octanol–water partition coefficient (Wildman–Crippen LogP) is 2.12. The van der Waals surface area contributed by atoms with Gasteiger partial charge in [-0.1, -0.05) is 6.07 Å². The van der Waals surface area contributed by atoms with E-state index in [2.05, 4.69) is 15.5 Å². The van der Waals surface area contributed by atoms with E-state index >= 15 is 0 Å². The normalized spacial score (nSPS) is 12.7. The third kappa shape index (κ3) is 4.98. The van der Waals surface area contributed by atoms with Crippen LogP contribution in [0, 0.1) is 0 Å². The van der Waals surface area contributed by atoms with Crippen LogP contribution >= 0.6 is 0 Å². The Morgan fingerprint density at radius 3 is 2.83 bits per heavy atom. The first-order valence-electron chi connectivity index (χ1n) is 7.06. The third-order valence-corrected chi connectivity index (χ3v) is 2.98. The summed E-state index contributed by atoms with van der Waals surface area (Å²) in [5.41, 5.74) is -0.282. The minimum absolute atomic E-state index is 0.0551. The summed E-state index contributed by atoms with van der Waals surface area (Å²) < 4.78 is 43.1. The van der Waals surface area contributed by atoms with Gasteiger partial charge in [-0.25, -0.2) is 0 Å². The molecule has 1 atom stereocenters. The van der Waals surface area contributed by atoms with Gasteiger partial charge in [0.2, 0.25) is 0 Å². The number of aromatic amines is 1. The summed E-state index contributed by atoms with van der Waals surface area (Å²) in [7, 11) is 0. The van der Waals surface area contributed by atoms with Crippen molar-refractivity contribution in [1.82, 2.24) is 15.5 Å². The number of ether oxygens (including phenoxy) is 1. The van der Waals surface area contributed by atoms with Crippen molar-refractivity contribution in [1.29, 1.82) is 0 Å². The second kappa shape index (κ2) is 7.35. The minimum atomic E-state index is -4.44. The number of hydrogen-bond donors (Lipinski definition) is 3. The molecule has 6 nitrogen and oxygen atoms in total. The van der Waals surface area contributed by atoms with Crippen molar-refractivity contribution in [3.05, 3.63) is 47.3 Å². The second-order valence-corrected chi connectivity index (χ2v) is 5.15. The Balaban J connectivity index is 1.95. The Labute approximate surface area is 135 Å². The molecule has 24 heavy (non-hydrogen) atoms. The molecule has 9 heteroatoms. The number of hydrogen-bond acceptors (Lipinski definition) is 4. The van der Waals surface area contributed by atoms with Gasteiger partial charge in [0.05, 0.1) is 17.4 Å². The molecular formula is C15H16F3N3O3. The first-order chi connectivity index (χ1) is 11.3. The molecule has 130 valence electrons. The number of rotatable bonds is 6. The summed E-state index contributed by atoms with van der Waals surface area (Å²) in [6.45, 7) is 1.54. The molecule has 0 unspecified atom stereocenters. The summed E-state index contributed by atoms with van der Waals surface area (Å²) in [6.07, 6.45) is -5.13. The fourth-order valence-corrected chi connectivity index (χ4v) is 1.81. The molecule has 0 radical (unpaired) electrons. The molecule has 2 aromatic rings. The predicted molar refractivity (Wildman–Crippen MR) is 78.4 cm³/mol. The first kappa shape index (κ1) is 17.8. The number of carbonyl (C=O) groups excluding carboxylic acids is 1. The van der Waals surface area contributed by atoms with Gasteiger partial charge in [-0.15, -0.1) is 0 Å². The lowest BCUT2D eigenvalue weighted by Gasteiger charge is -2.09. The molecule has 1 amide bonds. The number of alkyl halides is 3. The molecule has 0 saturated carbocycles. The van der Waals surface area contributed by atoms with Crippen molar-refractivity contribution in [3.8, 4) is 5.75 Å². The Kier molecular flexibility index (Phi) is 5.45. The van der Waals surface area contributed by atoms with Crippen LogP contribution in [0.1, 0.15) is 28.7 Å². The van der Waals surface area contributed by atoms with Crippen LogP contribution in [0.4, 0.5) is 13.2 Å². The van der Waals surface area contributed by atoms with Gasteiger partial charge in [0.25, 0.3) is 5.91 Å². The van der Waals surface area contributed by atoms with Gasteiger partial charge in [0, 0.05) is 6.54 Å². The number of aliphatic hydroxyl groups is 1. The van der Waals surface area contributed by atoms with Crippen LogP contribution in [0.2, 0.25) is 0 Å². The van der Waals surface area contributed by atoms with Crippen LogP contribution in [0.15, 0.2) is 30.3 Å². The molecule has 0 bridgehead atoms. The standard InChI is InChI=1S/C15H16F3N3O3/c1-9(22)7-19-14(23)13-6-11(20-21-13)8-24-12-4-2-3-10(5-12)15(16,17)18/h2-6,9,22H,7-8H2,1H3,(H,19,23)(H,20,21)/t9-/m1/s1. The van der Waals surface area contributed by atoms with Crippen LogP contribution in [-0.2, 0) is 12.8 Å². The number of halogens is 3. The molecule has 1 aromatic carbocycles. The zero-order valence-electron chi connectivity index (χ0n) is 12.7. The topological polar surface area (TPSA) is 87.2 Å². The summed E-state index contributed by atoms with van der Waals surface area (Å²) in [5, 5.41) is 17.9. The number of nitrogens with one attached hydrogen (secondary N) is 2. The monoisotopic (exact) mass is 343 g/mol. The van der Waals surface area contributed by atoms with Crippen molar-refractivity contribution in [2.24, 2.45) is 0 Å². The SMILES string of the molecule is C[C@@H](O)CNC(=O)c1cc(COc2cccc(C(F)(F)F)c2)[nH]n1. The number of benzene rings is 1. The number of carbonyl (C=O) groups is 1. The van der Waals surface area contributed by atoms with E-state index in [1.165, 1.54) is 25.1 Å². The van der Waals surface area contributed by atoms with Gasteiger partial charge in [-0.3, -0.25) is 9.89 Å². The zero-order valence-corrected chi connectivity index (χ0v) is 12.7. The first-order valence-corrected chi connectivity index (χ1v) is 7.06. The Hall–Kier alpha value is -2.55. The van der Waals surface area contributed by atoms with Crippen LogP contribution in [0.25, 0.3) is 0 Å². The number of aliphatic hydroxyl groups excluding tert-OH is 1. The number of amides is 1. The molecule has 0 fully saturated rings. The largest absolute Gasteiger partial charge is 0.487 e. The van der Waals surface area contributed by atoms with Crippen LogP contribution in [-0.4, -0.2) is 33.9 Å². The second-order valence-electron chi connectivity index (χ2n) is 5.15. The lowest BCUT2D eigenvalue weighted by atomic mass is 10.2. The highest BCUT2D eigenvalue weighted by molar-refractivity contribution is 5.92. The number of aromatic nitrogens is 2. The summed E-state index contributed by atoms with van der Waals surface area (Å²) in [5.74, 6) is -0.419. The molecule has 2 rings (SSSR count). The average Bonchev–Trinajstić information content (AvgIpc) is 2.99. The molecule has 3 N–H and O–H groups in total. The van der Waals surface area contributed by atoms with Crippen LogP contribution in [0.3, 0.4) is 0 Å². The Morgan fingerprint density at radius 2 is 2.17 bits per heavy atom. The van der Waals surface area contributed by atoms with Gasteiger partial charge >= 0.3 is 6.18 Å². The van der Waals surface area contributed by atoms with Gasteiger partial charge in [0.1, 0.15) is 18.1 Å². The fourth-order valence-electron chi connectivity index (χ4n) is 1.81. The molecule has 0 aliphatic carbocycles. The van der Waals surface area contributed by atoms with E-state index in [0.29, 0.717) is 5.69 Å². The average molecular weight is 343 g/mol. The molecule has 0 aliphatic rings. The van der Waals surface area contributed by atoms with E-state index in [1.807, 2.05) is 0 Å². The zero-order chi connectivity index (χ0) is 17.7. The van der Waals surface area contributed by atoms with E-state index in [4.69, 9.17) is 9.84 Å². The molecule has 1 aromatic heterocycles. The van der Waals surface area contributed by atoms with E-state index in [1.54, 1.807) is 0 Å². The highest BCUT2D eigenvalue weighted by Gasteiger charge is 2.30. The van der Waals surface area contributed by atoms with E-state index < -0.39 is 23.8 Å². The highest BCUT2D eigenvalue weighted by atomic mass is 19.4. The molecule has 0 saturated heterocycles. The molecule has 1 heterocycles. The fraction of sp³-hybridized carbons (Fsp3) is 0.333. The van der Waals surface area contributed by atoms with Crippen molar-refractivity contribution >= 4 is 5.91 Å². The van der Waals surface area contributed by atoms with Gasteiger partial charge in [-0.05, 0) is 31.2 Å². The smallest absolute Gasteiger partial charge is 0.416 e. The quantitative estimate of drug-likeness (QED) is 0.750. The summed E-state index contributed by atoms with van der Waals surface area (Å²) >= 11 is 0. The summed E-state index contributed by atoms with van der Waals surface area (Å²) in [6, 6.07) is 5.92. The molecule has 0 aliphatic heterocycles. The highest BCUT2D eigenvalue weighted by Crippen LogP contribution is 2.31. The van der Waals surface area contributed by atoms with Crippen molar-refractivity contribution in [2.75, 3.05) is 6.54 Å². The van der Waals surface area contributed by atoms with Crippen molar-refractivity contribution in [3.63, 3.8) is 0 Å². The Morgan fingerprint density at radius 1 is 1.42 bits per heavy atom. The van der Waals surface area contributed by atoms with Gasteiger partial charge in [-0.2, -0.15) is 18.3 Å². The molecule has 0 spiro atoms. The number of H-pyrrole nitrogens is 1. The van der Waals surface area contributed by atoms with Crippen molar-refractivity contribution in [2.45, 2.75) is 25.8 Å². The number of nitrogens with zero attached hydrogens (tertiary/aromatic N) is 1. The summed E-state index contributed by atoms with van der Waals surface area (Å²) in [4.78, 5) is 11.7. The van der Waals surface area contributed by atoms with E-state index in [-0.39, 0.29) is 24.6 Å². The Bertz CT molecular complexity index is 699. The maximum absolute atomic E-state index is 12.6. The molecular weight excluding hydrogens is 327 g/mol. The van der Waals surface area contributed by atoms with E-state index in [0.717, 1.165) is 12.1 Å². The van der Waals surface area contributed by atoms with Crippen LogP contribution in [0.5, 0.6) is 5.75 Å². The maximum Gasteiger partial charge on any atom is 0.416 e. The lowest BCUT2D eigenvalue weighted by molar-refractivity contribution is -0.137. The van der Waals surface area contributed by atoms with Gasteiger partial charge in [0.15, 0.2) is 0 Å². The van der Waals surface area contributed by atoms with Crippen LogP contribution < -0.4 is 10.1 Å². The van der Waals surface area contributed by atoms with Crippen molar-refractivity contribution < 1.29 is 27.8 Å². The van der Waals surface area contributed by atoms with Gasteiger partial charge < -0.3 is 15.2 Å². The minimum Gasteiger partial charge on any atom is -0.487 e. The van der Waals surface area contributed by atoms with E-state index in [9.17, 15) is 18.0 Å². The third-order valence-electron chi connectivity index (χ3n) is 2.98. The lowest BCUT2D eigenvalue weighted by Crippen LogP contribution is -2.30.